The van der Waals surface area contributed by atoms with Crippen LogP contribution in [-0.4, -0.2) is 37.8 Å². The largest absolute Gasteiger partial charge is 0.494 e. The Labute approximate surface area is 122 Å². The summed E-state index contributed by atoms with van der Waals surface area (Å²) in [5.74, 6) is 0.967. The third-order valence-corrected chi connectivity index (χ3v) is 3.77. The Morgan fingerprint density at radius 1 is 1.35 bits per heavy atom. The summed E-state index contributed by atoms with van der Waals surface area (Å²) >= 11 is 0. The number of rotatable bonds is 7. The van der Waals surface area contributed by atoms with Gasteiger partial charge in [-0.2, -0.15) is 0 Å². The molecule has 0 unspecified atom stereocenters. The van der Waals surface area contributed by atoms with Crippen molar-refractivity contribution in [3.05, 3.63) is 29.8 Å². The Morgan fingerprint density at radius 3 is 3.00 bits per heavy atom. The minimum Gasteiger partial charge on any atom is -0.494 e. The highest BCUT2D eigenvalue weighted by molar-refractivity contribution is 5.28. The summed E-state index contributed by atoms with van der Waals surface area (Å²) in [6, 6.07) is 8.38. The molecule has 0 aromatic heterocycles. The molecule has 0 N–H and O–H groups in total. The Bertz CT molecular complexity index is 388. The monoisotopic (exact) mass is 277 g/mol. The summed E-state index contributed by atoms with van der Waals surface area (Å²) in [5.41, 5.74) is 1.31. The van der Waals surface area contributed by atoms with Crippen LogP contribution in [0.3, 0.4) is 0 Å². The quantitative estimate of drug-likeness (QED) is 0.761. The Morgan fingerprint density at radius 2 is 2.25 bits per heavy atom. The van der Waals surface area contributed by atoms with E-state index in [1.165, 1.54) is 24.8 Å². The first-order valence-corrected chi connectivity index (χ1v) is 7.80. The molecular formula is C17H27NO2. The van der Waals surface area contributed by atoms with E-state index in [2.05, 4.69) is 30.1 Å². The number of ether oxygens (including phenoxy) is 2. The van der Waals surface area contributed by atoms with Crippen LogP contribution in [0.4, 0.5) is 0 Å². The summed E-state index contributed by atoms with van der Waals surface area (Å²) in [7, 11) is 2.18. The third-order valence-electron chi connectivity index (χ3n) is 3.77. The average Bonchev–Trinajstić information content (AvgIpc) is 2.47. The van der Waals surface area contributed by atoms with E-state index in [-0.39, 0.29) is 0 Å². The fourth-order valence-corrected chi connectivity index (χ4v) is 2.69. The van der Waals surface area contributed by atoms with Gasteiger partial charge in [0.05, 0.1) is 12.7 Å². The van der Waals surface area contributed by atoms with Crippen molar-refractivity contribution < 1.29 is 9.47 Å². The molecule has 1 aliphatic rings. The van der Waals surface area contributed by atoms with Gasteiger partial charge in [0.25, 0.3) is 0 Å². The van der Waals surface area contributed by atoms with Gasteiger partial charge in [0.15, 0.2) is 0 Å². The Balaban J connectivity index is 1.75. The number of hydrogen-bond acceptors (Lipinski definition) is 3. The SMILES string of the molecule is CCOc1cccc(CN(C)CC[C@H]2CCCCO2)c1. The second-order valence-corrected chi connectivity index (χ2v) is 5.60. The second kappa shape index (κ2) is 8.28. The lowest BCUT2D eigenvalue weighted by Gasteiger charge is -2.25. The predicted octanol–water partition coefficient (Wildman–Crippen LogP) is 3.48. The van der Waals surface area contributed by atoms with E-state index in [4.69, 9.17) is 9.47 Å². The van der Waals surface area contributed by atoms with Gasteiger partial charge in [-0.05, 0) is 57.4 Å². The Hall–Kier alpha value is -1.06. The molecule has 1 atom stereocenters. The Kier molecular flexibility index (Phi) is 6.34. The molecule has 1 fully saturated rings. The van der Waals surface area contributed by atoms with E-state index in [1.54, 1.807) is 0 Å². The van der Waals surface area contributed by atoms with E-state index in [0.29, 0.717) is 6.10 Å². The molecule has 0 spiro atoms. The predicted molar refractivity (Wildman–Crippen MR) is 82.2 cm³/mol. The van der Waals surface area contributed by atoms with Crippen LogP contribution in [0.25, 0.3) is 0 Å². The maximum atomic E-state index is 5.78. The molecule has 1 aromatic carbocycles. The average molecular weight is 277 g/mol. The molecule has 1 saturated heterocycles. The molecule has 3 nitrogen and oxygen atoms in total. The van der Waals surface area contributed by atoms with Crippen molar-refractivity contribution in [1.82, 2.24) is 4.90 Å². The van der Waals surface area contributed by atoms with Gasteiger partial charge in [0.2, 0.25) is 0 Å². The van der Waals surface area contributed by atoms with Crippen LogP contribution in [0.1, 0.15) is 38.2 Å². The molecule has 0 amide bonds. The molecule has 112 valence electrons. The first-order valence-electron chi connectivity index (χ1n) is 7.80. The highest BCUT2D eigenvalue weighted by Crippen LogP contribution is 2.17. The third kappa shape index (κ3) is 5.14. The molecular weight excluding hydrogens is 250 g/mol. The molecule has 20 heavy (non-hydrogen) atoms. The van der Waals surface area contributed by atoms with Crippen LogP contribution < -0.4 is 4.74 Å². The first-order chi connectivity index (χ1) is 9.78. The molecule has 1 aromatic rings. The zero-order valence-corrected chi connectivity index (χ0v) is 12.8. The lowest BCUT2D eigenvalue weighted by molar-refractivity contribution is 0.00640. The summed E-state index contributed by atoms with van der Waals surface area (Å²) < 4.78 is 11.3. The summed E-state index contributed by atoms with van der Waals surface area (Å²) in [6.45, 7) is 5.74. The summed E-state index contributed by atoms with van der Waals surface area (Å²) in [5, 5.41) is 0. The highest BCUT2D eigenvalue weighted by Gasteiger charge is 2.14. The van der Waals surface area contributed by atoms with E-state index in [9.17, 15) is 0 Å². The van der Waals surface area contributed by atoms with Crippen molar-refractivity contribution in [2.24, 2.45) is 0 Å². The van der Waals surface area contributed by atoms with E-state index < -0.39 is 0 Å². The fourth-order valence-electron chi connectivity index (χ4n) is 2.69. The standard InChI is InChI=1S/C17H27NO2/c1-3-19-17-9-6-7-15(13-17)14-18(2)11-10-16-8-4-5-12-20-16/h6-7,9,13,16H,3-5,8,10-12,14H2,1-2H3/t16-/m1/s1. The van der Waals surface area contributed by atoms with E-state index in [0.717, 1.165) is 38.5 Å². The van der Waals surface area contributed by atoms with Crippen molar-refractivity contribution in [2.75, 3.05) is 26.8 Å². The minimum absolute atomic E-state index is 0.473. The molecule has 0 radical (unpaired) electrons. The zero-order chi connectivity index (χ0) is 14.2. The van der Waals surface area contributed by atoms with Gasteiger partial charge >= 0.3 is 0 Å². The van der Waals surface area contributed by atoms with Crippen LogP contribution in [0, 0.1) is 0 Å². The van der Waals surface area contributed by atoms with Crippen LogP contribution >= 0.6 is 0 Å². The number of benzene rings is 1. The smallest absolute Gasteiger partial charge is 0.119 e. The molecule has 1 heterocycles. The molecule has 2 rings (SSSR count). The van der Waals surface area contributed by atoms with Gasteiger partial charge in [-0.1, -0.05) is 12.1 Å². The minimum atomic E-state index is 0.473. The topological polar surface area (TPSA) is 21.7 Å². The van der Waals surface area contributed by atoms with Crippen LogP contribution in [0.2, 0.25) is 0 Å². The van der Waals surface area contributed by atoms with Crippen LogP contribution in [0.5, 0.6) is 5.75 Å². The number of nitrogens with zero attached hydrogens (tertiary/aromatic N) is 1. The van der Waals surface area contributed by atoms with Gasteiger partial charge in [0.1, 0.15) is 5.75 Å². The van der Waals surface area contributed by atoms with E-state index >= 15 is 0 Å². The van der Waals surface area contributed by atoms with Crippen molar-refractivity contribution >= 4 is 0 Å². The van der Waals surface area contributed by atoms with Crippen molar-refractivity contribution in [1.29, 1.82) is 0 Å². The van der Waals surface area contributed by atoms with Crippen molar-refractivity contribution in [3.63, 3.8) is 0 Å². The van der Waals surface area contributed by atoms with E-state index in [1.807, 2.05) is 13.0 Å². The maximum absolute atomic E-state index is 5.78. The van der Waals surface area contributed by atoms with Gasteiger partial charge in [-0.15, -0.1) is 0 Å². The molecule has 0 saturated carbocycles. The molecule has 0 bridgehead atoms. The fraction of sp³-hybridized carbons (Fsp3) is 0.647. The van der Waals surface area contributed by atoms with Crippen molar-refractivity contribution in [3.8, 4) is 5.75 Å². The number of hydrogen-bond donors (Lipinski definition) is 0. The van der Waals surface area contributed by atoms with Crippen LogP contribution in [0.15, 0.2) is 24.3 Å². The molecule has 1 aliphatic heterocycles. The second-order valence-electron chi connectivity index (χ2n) is 5.60. The van der Waals surface area contributed by atoms with Crippen LogP contribution in [-0.2, 0) is 11.3 Å². The molecule has 0 aliphatic carbocycles. The summed E-state index contributed by atoms with van der Waals surface area (Å²) in [4.78, 5) is 2.36. The zero-order valence-electron chi connectivity index (χ0n) is 12.8. The van der Waals surface area contributed by atoms with Gasteiger partial charge < -0.3 is 14.4 Å². The summed E-state index contributed by atoms with van der Waals surface area (Å²) in [6.07, 6.45) is 5.40. The van der Waals surface area contributed by atoms with Gasteiger partial charge in [-0.3, -0.25) is 0 Å². The van der Waals surface area contributed by atoms with Crippen molar-refractivity contribution in [2.45, 2.75) is 45.3 Å². The first kappa shape index (κ1) is 15.3. The normalized spacial score (nSPS) is 19.2. The lowest BCUT2D eigenvalue weighted by atomic mass is 10.1. The van der Waals surface area contributed by atoms with Gasteiger partial charge in [0, 0.05) is 19.7 Å². The lowest BCUT2D eigenvalue weighted by Crippen LogP contribution is -2.26. The van der Waals surface area contributed by atoms with Gasteiger partial charge in [-0.25, -0.2) is 0 Å². The highest BCUT2D eigenvalue weighted by atomic mass is 16.5. The maximum Gasteiger partial charge on any atom is 0.119 e. The molecule has 3 heteroatoms.